The fourth-order valence-corrected chi connectivity index (χ4v) is 7.13. The summed E-state index contributed by atoms with van der Waals surface area (Å²) in [7, 11) is 0. The number of nitrogens with zero attached hydrogens (tertiary/aromatic N) is 2. The first-order valence-electron chi connectivity index (χ1n) is 14.0. The van der Waals surface area contributed by atoms with Gasteiger partial charge in [-0.05, 0) is 68.4 Å². The van der Waals surface area contributed by atoms with Crippen LogP contribution >= 0.6 is 0 Å². The van der Waals surface area contributed by atoms with Crippen LogP contribution in [0.2, 0.25) is 0 Å². The fraction of sp³-hybridized carbons (Fsp3) is 0.139. The first kappa shape index (κ1) is 23.8. The minimum absolute atomic E-state index is 0.132. The molecule has 3 aliphatic carbocycles. The summed E-state index contributed by atoms with van der Waals surface area (Å²) in [5, 5.41) is 7.90. The summed E-state index contributed by atoms with van der Waals surface area (Å²) in [4.78, 5) is 27.4. The van der Waals surface area contributed by atoms with Crippen LogP contribution in [0.1, 0.15) is 45.2 Å². The Balaban J connectivity index is 1.02. The van der Waals surface area contributed by atoms with E-state index in [1.165, 1.54) is 10.8 Å². The Morgan fingerprint density at radius 2 is 1.17 bits per heavy atom. The van der Waals surface area contributed by atoms with Gasteiger partial charge in [-0.3, -0.25) is 9.59 Å². The van der Waals surface area contributed by atoms with Gasteiger partial charge in [0.15, 0.2) is 0 Å². The summed E-state index contributed by atoms with van der Waals surface area (Å²) in [6, 6.07) is 38.5. The van der Waals surface area contributed by atoms with Gasteiger partial charge in [-0.15, -0.1) is 0 Å². The van der Waals surface area contributed by atoms with Crippen molar-refractivity contribution >= 4 is 28.8 Å². The van der Waals surface area contributed by atoms with Crippen molar-refractivity contribution in [3.8, 4) is 5.75 Å². The zero-order chi connectivity index (χ0) is 27.5. The van der Waals surface area contributed by atoms with Crippen molar-refractivity contribution in [3.63, 3.8) is 0 Å². The number of carbonyl (C=O) groups excluding carboxylic acids is 2. The summed E-state index contributed by atoms with van der Waals surface area (Å²) < 4.78 is 6.06. The van der Waals surface area contributed by atoms with Crippen LogP contribution in [0.15, 0.2) is 120 Å². The predicted octanol–water partition coefficient (Wildman–Crippen LogP) is 6.64. The number of hydrogen-bond acceptors (Lipinski definition) is 4. The van der Waals surface area contributed by atoms with Crippen molar-refractivity contribution < 1.29 is 14.3 Å². The molecule has 2 atom stereocenters. The number of benzene rings is 5. The maximum atomic E-state index is 13.7. The normalized spacial score (nSPS) is 22.2. The van der Waals surface area contributed by atoms with Gasteiger partial charge in [-0.2, -0.15) is 10.1 Å². The number of carbonyl (C=O) groups is 2. The van der Waals surface area contributed by atoms with Gasteiger partial charge in [0.05, 0.1) is 18.1 Å². The van der Waals surface area contributed by atoms with E-state index in [1.54, 1.807) is 6.21 Å². The Morgan fingerprint density at radius 3 is 1.78 bits per heavy atom. The first-order chi connectivity index (χ1) is 20.2. The average molecular weight is 535 g/mol. The maximum absolute atomic E-state index is 13.7. The number of imide groups is 1. The SMILES string of the molecule is O=C1[C@H]2C3c4ccccc4C(c4ccccc43)[C@@H]2C(=O)N1/N=C\c1ccc(OCc2cccc3ccccc23)cc1. The standard InChI is InChI=1S/C36H26N2O3/c39-35-33-31-27-12-3-4-13-28(27)32(30-15-6-5-14-29(30)31)34(33)36(40)38(35)37-20-22-16-18-25(19-17-22)41-21-24-10-7-9-23-8-1-2-11-26(23)24/h1-20,31-34H,21H2/b37-20-/t31?,32?,33-,34-/m0/s1. The summed E-state index contributed by atoms with van der Waals surface area (Å²) >= 11 is 0. The van der Waals surface area contributed by atoms with Crippen LogP contribution in [0.3, 0.4) is 0 Å². The lowest BCUT2D eigenvalue weighted by atomic mass is 9.55. The molecule has 198 valence electrons. The van der Waals surface area contributed by atoms with Crippen molar-refractivity contribution in [1.82, 2.24) is 5.01 Å². The quantitative estimate of drug-likeness (QED) is 0.188. The fourth-order valence-electron chi connectivity index (χ4n) is 7.13. The molecule has 0 spiro atoms. The summed E-state index contributed by atoms with van der Waals surface area (Å²) in [5.41, 5.74) is 6.53. The number of hydrogen-bond donors (Lipinski definition) is 0. The van der Waals surface area contributed by atoms with Crippen LogP contribution in [0.25, 0.3) is 10.8 Å². The molecule has 1 saturated heterocycles. The smallest absolute Gasteiger partial charge is 0.254 e. The molecule has 0 radical (unpaired) electrons. The van der Waals surface area contributed by atoms with Crippen LogP contribution in [-0.2, 0) is 16.2 Å². The Kier molecular flexibility index (Phi) is 5.39. The molecule has 5 aromatic carbocycles. The highest BCUT2D eigenvalue weighted by Gasteiger charge is 2.61. The molecule has 41 heavy (non-hydrogen) atoms. The highest BCUT2D eigenvalue weighted by atomic mass is 16.5. The molecule has 2 amide bonds. The third-order valence-corrected chi connectivity index (χ3v) is 8.90. The molecule has 1 heterocycles. The largest absolute Gasteiger partial charge is 0.489 e. The van der Waals surface area contributed by atoms with Crippen LogP contribution in [0.5, 0.6) is 5.75 Å². The van der Waals surface area contributed by atoms with Gasteiger partial charge in [-0.25, -0.2) is 0 Å². The Labute approximate surface area is 237 Å². The lowest BCUT2D eigenvalue weighted by Crippen LogP contribution is -2.41. The second-order valence-corrected chi connectivity index (χ2v) is 11.0. The van der Waals surface area contributed by atoms with Gasteiger partial charge in [-0.1, -0.05) is 91.0 Å². The van der Waals surface area contributed by atoms with Crippen LogP contribution in [0, 0.1) is 11.8 Å². The molecule has 0 unspecified atom stereocenters. The Bertz CT molecular complexity index is 1760. The van der Waals surface area contributed by atoms with E-state index in [0.29, 0.717) is 6.61 Å². The van der Waals surface area contributed by atoms with Crippen molar-refractivity contribution in [2.45, 2.75) is 18.4 Å². The third kappa shape index (κ3) is 3.66. The molecular formula is C36H26N2O3. The molecule has 5 nitrogen and oxygen atoms in total. The number of amides is 2. The predicted molar refractivity (Wildman–Crippen MR) is 158 cm³/mol. The van der Waals surface area contributed by atoms with E-state index < -0.39 is 11.8 Å². The Morgan fingerprint density at radius 1 is 0.634 bits per heavy atom. The van der Waals surface area contributed by atoms with Crippen molar-refractivity contribution in [2.24, 2.45) is 16.9 Å². The monoisotopic (exact) mass is 534 g/mol. The van der Waals surface area contributed by atoms with Crippen LogP contribution < -0.4 is 4.74 Å². The van der Waals surface area contributed by atoms with Gasteiger partial charge in [0.2, 0.25) is 0 Å². The zero-order valence-corrected chi connectivity index (χ0v) is 22.2. The van der Waals surface area contributed by atoms with E-state index in [2.05, 4.69) is 53.6 Å². The molecule has 5 heteroatoms. The van der Waals surface area contributed by atoms with Gasteiger partial charge >= 0.3 is 0 Å². The van der Waals surface area contributed by atoms with E-state index in [0.717, 1.165) is 44.1 Å². The minimum atomic E-state index is -0.431. The molecule has 4 aliphatic rings. The van der Waals surface area contributed by atoms with Crippen molar-refractivity contribution in [1.29, 1.82) is 0 Å². The molecule has 0 N–H and O–H groups in total. The number of hydrazone groups is 1. The second-order valence-electron chi connectivity index (χ2n) is 11.0. The minimum Gasteiger partial charge on any atom is -0.489 e. The highest BCUT2D eigenvalue weighted by Crippen LogP contribution is 2.60. The number of rotatable bonds is 5. The van der Waals surface area contributed by atoms with E-state index in [9.17, 15) is 9.59 Å². The molecule has 0 saturated carbocycles. The van der Waals surface area contributed by atoms with Crippen molar-refractivity contribution in [3.05, 3.63) is 149 Å². The van der Waals surface area contributed by atoms with E-state index in [1.807, 2.05) is 66.7 Å². The topological polar surface area (TPSA) is 59.0 Å². The van der Waals surface area contributed by atoms with E-state index >= 15 is 0 Å². The lowest BCUT2D eigenvalue weighted by Gasteiger charge is -2.45. The van der Waals surface area contributed by atoms with Crippen LogP contribution in [-0.4, -0.2) is 23.0 Å². The lowest BCUT2D eigenvalue weighted by molar-refractivity contribution is -0.139. The third-order valence-electron chi connectivity index (χ3n) is 8.90. The van der Waals surface area contributed by atoms with E-state index in [-0.39, 0.29) is 23.7 Å². The van der Waals surface area contributed by atoms with Gasteiger partial charge < -0.3 is 4.74 Å². The van der Waals surface area contributed by atoms with Gasteiger partial charge in [0.1, 0.15) is 12.4 Å². The second kappa shape index (κ2) is 9.27. The van der Waals surface area contributed by atoms with Gasteiger partial charge in [0.25, 0.3) is 11.8 Å². The molecule has 1 fully saturated rings. The number of ether oxygens (including phenoxy) is 1. The Hall–Kier alpha value is -5.03. The average Bonchev–Trinajstić information content (AvgIpc) is 3.28. The number of fused-ring (bicyclic) bond motifs is 1. The molecule has 2 bridgehead atoms. The van der Waals surface area contributed by atoms with Crippen molar-refractivity contribution in [2.75, 3.05) is 0 Å². The highest BCUT2D eigenvalue weighted by molar-refractivity contribution is 6.08. The molecule has 0 aromatic heterocycles. The van der Waals surface area contributed by atoms with Gasteiger partial charge in [0, 0.05) is 11.8 Å². The zero-order valence-electron chi connectivity index (χ0n) is 22.2. The van der Waals surface area contributed by atoms with Crippen LogP contribution in [0.4, 0.5) is 0 Å². The maximum Gasteiger partial charge on any atom is 0.254 e. The first-order valence-corrected chi connectivity index (χ1v) is 14.0. The summed E-state index contributed by atoms with van der Waals surface area (Å²) in [5.74, 6) is -0.824. The molecule has 5 aromatic rings. The summed E-state index contributed by atoms with van der Waals surface area (Å²) in [6.45, 7) is 0.460. The van der Waals surface area contributed by atoms with E-state index in [4.69, 9.17) is 4.74 Å². The molecular weight excluding hydrogens is 508 g/mol. The summed E-state index contributed by atoms with van der Waals surface area (Å²) in [6.07, 6.45) is 1.59. The molecule has 1 aliphatic heterocycles. The molecule has 9 rings (SSSR count).